The van der Waals surface area contributed by atoms with Gasteiger partial charge in [0.05, 0.1) is 0 Å². The van der Waals surface area contributed by atoms with Crippen molar-refractivity contribution in [3.8, 4) is 0 Å². The van der Waals surface area contributed by atoms with Crippen LogP contribution in [0, 0.1) is 11.8 Å². The summed E-state index contributed by atoms with van der Waals surface area (Å²) in [6.07, 6.45) is 5.53. The van der Waals surface area contributed by atoms with E-state index in [1.807, 2.05) is 0 Å². The van der Waals surface area contributed by atoms with E-state index in [2.05, 4.69) is 27.7 Å². The molecular weight excluding hydrogens is 120 g/mol. The maximum Gasteiger partial charge on any atom is -0.0445 e. The van der Waals surface area contributed by atoms with E-state index in [0.717, 1.165) is 11.8 Å². The average Bonchev–Trinajstić information content (AvgIpc) is 1.99. The molecule has 0 unspecified atom stereocenters. The van der Waals surface area contributed by atoms with Crippen LogP contribution in [0.25, 0.3) is 0 Å². The van der Waals surface area contributed by atoms with Crippen LogP contribution in [0.1, 0.15) is 53.4 Å². The highest BCUT2D eigenvalue weighted by Crippen LogP contribution is 2.16. The van der Waals surface area contributed by atoms with Gasteiger partial charge in [0.15, 0.2) is 0 Å². The lowest BCUT2D eigenvalue weighted by Gasteiger charge is -2.11. The highest BCUT2D eigenvalue weighted by molar-refractivity contribution is 4.54. The van der Waals surface area contributed by atoms with Gasteiger partial charge in [0.1, 0.15) is 0 Å². The molecule has 0 aliphatic rings. The molecule has 0 aliphatic carbocycles. The quantitative estimate of drug-likeness (QED) is 0.547. The number of rotatable bonds is 5. The van der Waals surface area contributed by atoms with Crippen LogP contribution in [0.4, 0.5) is 0 Å². The fraction of sp³-hybridized carbons (Fsp3) is 1.00. The first-order chi connectivity index (χ1) is 4.70. The Kier molecular flexibility index (Phi) is 5.76. The third kappa shape index (κ3) is 4.84. The van der Waals surface area contributed by atoms with Crippen LogP contribution in [-0.4, -0.2) is 0 Å². The molecule has 0 aliphatic heterocycles. The second-order valence-corrected chi connectivity index (χ2v) is 3.60. The predicted octanol–water partition coefficient (Wildman–Crippen LogP) is 3.86. The maximum absolute atomic E-state index is 2.35. The van der Waals surface area contributed by atoms with Crippen molar-refractivity contribution >= 4 is 0 Å². The predicted molar refractivity (Wildman–Crippen MR) is 48.1 cm³/mol. The Morgan fingerprint density at radius 1 is 0.800 bits per heavy atom. The molecule has 0 heteroatoms. The van der Waals surface area contributed by atoms with Crippen molar-refractivity contribution in [3.05, 3.63) is 0 Å². The minimum Gasteiger partial charge on any atom is -0.0651 e. The maximum atomic E-state index is 2.35. The van der Waals surface area contributed by atoms with Gasteiger partial charge in [-0.1, -0.05) is 53.4 Å². The second-order valence-electron chi connectivity index (χ2n) is 3.60. The summed E-state index contributed by atoms with van der Waals surface area (Å²) in [4.78, 5) is 0. The molecule has 0 amide bonds. The summed E-state index contributed by atoms with van der Waals surface area (Å²) in [6.45, 7) is 9.26. The molecule has 0 saturated heterocycles. The Morgan fingerprint density at radius 2 is 1.10 bits per heavy atom. The standard InChI is InChI=1S/C10H22/c1-5-9(3)7-8-10(4)6-2/h9-10H,5-8H2,1-4H3/t9-,10+. The minimum atomic E-state index is 0.939. The van der Waals surface area contributed by atoms with E-state index in [1.165, 1.54) is 25.7 Å². The molecular formula is C10H22. The normalized spacial score (nSPS) is 16.8. The summed E-state index contributed by atoms with van der Waals surface area (Å²) in [7, 11) is 0. The molecule has 10 heavy (non-hydrogen) atoms. The van der Waals surface area contributed by atoms with Gasteiger partial charge < -0.3 is 0 Å². The van der Waals surface area contributed by atoms with Gasteiger partial charge in [-0.15, -0.1) is 0 Å². The Hall–Kier alpha value is 0. The summed E-state index contributed by atoms with van der Waals surface area (Å²) in [5.74, 6) is 1.88. The van der Waals surface area contributed by atoms with Crippen molar-refractivity contribution < 1.29 is 0 Å². The molecule has 0 bridgehead atoms. The topological polar surface area (TPSA) is 0 Å². The van der Waals surface area contributed by atoms with Crippen molar-refractivity contribution in [1.29, 1.82) is 0 Å². The molecule has 0 N–H and O–H groups in total. The highest BCUT2D eigenvalue weighted by Gasteiger charge is 2.02. The van der Waals surface area contributed by atoms with Crippen LogP contribution >= 0.6 is 0 Å². The summed E-state index contributed by atoms with van der Waals surface area (Å²) in [5.41, 5.74) is 0. The molecule has 62 valence electrons. The van der Waals surface area contributed by atoms with Gasteiger partial charge in [0.25, 0.3) is 0 Å². The zero-order valence-electron chi connectivity index (χ0n) is 7.98. The van der Waals surface area contributed by atoms with Crippen molar-refractivity contribution in [2.75, 3.05) is 0 Å². The van der Waals surface area contributed by atoms with Crippen LogP contribution in [0.5, 0.6) is 0 Å². The van der Waals surface area contributed by atoms with Crippen LogP contribution in [0.3, 0.4) is 0 Å². The minimum absolute atomic E-state index is 0.939. The first-order valence-electron chi connectivity index (χ1n) is 4.70. The van der Waals surface area contributed by atoms with Gasteiger partial charge in [0.2, 0.25) is 0 Å². The van der Waals surface area contributed by atoms with Gasteiger partial charge in [-0.05, 0) is 11.8 Å². The number of hydrogen-bond acceptors (Lipinski definition) is 0. The van der Waals surface area contributed by atoms with Gasteiger partial charge in [0, 0.05) is 0 Å². The third-order valence-electron chi connectivity index (χ3n) is 2.55. The Balaban J connectivity index is 3.17. The van der Waals surface area contributed by atoms with Crippen molar-refractivity contribution in [2.24, 2.45) is 11.8 Å². The van der Waals surface area contributed by atoms with E-state index in [1.54, 1.807) is 0 Å². The Morgan fingerprint density at radius 3 is 1.30 bits per heavy atom. The molecule has 0 aromatic rings. The monoisotopic (exact) mass is 142 g/mol. The lowest BCUT2D eigenvalue weighted by Crippen LogP contribution is -1.97. The first kappa shape index (κ1) is 10.0. The lowest BCUT2D eigenvalue weighted by atomic mass is 9.95. The van der Waals surface area contributed by atoms with Crippen molar-refractivity contribution in [2.45, 2.75) is 53.4 Å². The molecule has 0 radical (unpaired) electrons. The van der Waals surface area contributed by atoms with E-state index in [0.29, 0.717) is 0 Å². The summed E-state index contributed by atoms with van der Waals surface area (Å²) in [5, 5.41) is 0. The fourth-order valence-electron chi connectivity index (χ4n) is 0.977. The van der Waals surface area contributed by atoms with Crippen LogP contribution in [0.15, 0.2) is 0 Å². The van der Waals surface area contributed by atoms with Crippen molar-refractivity contribution in [1.82, 2.24) is 0 Å². The molecule has 2 atom stereocenters. The smallest absolute Gasteiger partial charge is 0.0445 e. The molecule has 0 nitrogen and oxygen atoms in total. The van der Waals surface area contributed by atoms with E-state index in [9.17, 15) is 0 Å². The largest absolute Gasteiger partial charge is 0.0651 e. The SMILES string of the molecule is CC[C@@H](C)CC[C@@H](C)CC. The molecule has 0 saturated carbocycles. The molecule has 0 rings (SSSR count). The van der Waals surface area contributed by atoms with Crippen LogP contribution in [-0.2, 0) is 0 Å². The van der Waals surface area contributed by atoms with Gasteiger partial charge in [-0.2, -0.15) is 0 Å². The molecule has 0 aromatic heterocycles. The van der Waals surface area contributed by atoms with Gasteiger partial charge in [-0.3, -0.25) is 0 Å². The van der Waals surface area contributed by atoms with Crippen LogP contribution < -0.4 is 0 Å². The fourth-order valence-corrected chi connectivity index (χ4v) is 0.977. The highest BCUT2D eigenvalue weighted by atomic mass is 14.1. The summed E-state index contributed by atoms with van der Waals surface area (Å²) >= 11 is 0. The summed E-state index contributed by atoms with van der Waals surface area (Å²) < 4.78 is 0. The van der Waals surface area contributed by atoms with Crippen molar-refractivity contribution in [3.63, 3.8) is 0 Å². The zero-order valence-corrected chi connectivity index (χ0v) is 7.98. The number of hydrogen-bond donors (Lipinski definition) is 0. The van der Waals surface area contributed by atoms with Gasteiger partial charge >= 0.3 is 0 Å². The van der Waals surface area contributed by atoms with Gasteiger partial charge in [-0.25, -0.2) is 0 Å². The van der Waals surface area contributed by atoms with E-state index in [-0.39, 0.29) is 0 Å². The van der Waals surface area contributed by atoms with E-state index >= 15 is 0 Å². The van der Waals surface area contributed by atoms with E-state index < -0.39 is 0 Å². The Bertz CT molecular complexity index is 56.4. The average molecular weight is 142 g/mol. The summed E-state index contributed by atoms with van der Waals surface area (Å²) in [6, 6.07) is 0. The first-order valence-corrected chi connectivity index (χ1v) is 4.70. The lowest BCUT2D eigenvalue weighted by molar-refractivity contribution is 0.415. The zero-order chi connectivity index (χ0) is 7.98. The third-order valence-corrected chi connectivity index (χ3v) is 2.55. The molecule has 0 fully saturated rings. The Labute approximate surface area is 66.0 Å². The second kappa shape index (κ2) is 5.76. The molecule has 0 aromatic carbocycles. The van der Waals surface area contributed by atoms with Crippen LogP contribution in [0.2, 0.25) is 0 Å². The van der Waals surface area contributed by atoms with E-state index in [4.69, 9.17) is 0 Å². The molecule has 0 spiro atoms. The molecule has 0 heterocycles.